The minimum Gasteiger partial charge on any atom is -0.356 e. The summed E-state index contributed by atoms with van der Waals surface area (Å²) in [6.07, 6.45) is 5.38. The number of nitriles is 2. The van der Waals surface area contributed by atoms with Crippen molar-refractivity contribution in [3.05, 3.63) is 60.0 Å². The van der Waals surface area contributed by atoms with Crippen molar-refractivity contribution in [2.75, 3.05) is 18.0 Å². The van der Waals surface area contributed by atoms with Gasteiger partial charge in [0.05, 0.1) is 29.2 Å². The first-order chi connectivity index (χ1) is 15.2. The number of pyridine rings is 1. The van der Waals surface area contributed by atoms with Crippen molar-refractivity contribution in [1.82, 2.24) is 19.6 Å². The molecule has 0 amide bonds. The maximum Gasteiger partial charge on any atom is 0.138 e. The average Bonchev–Trinajstić information content (AvgIpc) is 3.45. The summed E-state index contributed by atoms with van der Waals surface area (Å²) in [6, 6.07) is 16.8. The molecule has 0 unspecified atom stereocenters. The number of hydrogen-bond acceptors (Lipinski definition) is 5. The van der Waals surface area contributed by atoms with Crippen LogP contribution >= 0.6 is 0 Å². The molecule has 4 heterocycles. The van der Waals surface area contributed by atoms with Crippen LogP contribution in [-0.4, -0.2) is 32.7 Å². The zero-order chi connectivity index (χ0) is 21.4. The SMILES string of the molecule is Cc1n[nH]cc1-c1ccc(-c2cnc3ccc(C#N)c(N4CCC(C#N)CC4)n23)cc1. The van der Waals surface area contributed by atoms with E-state index in [9.17, 15) is 10.5 Å². The van der Waals surface area contributed by atoms with Crippen LogP contribution in [0.15, 0.2) is 48.8 Å². The van der Waals surface area contributed by atoms with Gasteiger partial charge in [0.1, 0.15) is 17.5 Å². The van der Waals surface area contributed by atoms with Crippen molar-refractivity contribution >= 4 is 11.5 Å². The minimum atomic E-state index is 0.0853. The number of benzene rings is 1. The molecule has 0 saturated carbocycles. The van der Waals surface area contributed by atoms with Crippen LogP contribution in [0.5, 0.6) is 0 Å². The standard InChI is InChI=1S/C24H21N7/c1-16-21(14-28-29-16)18-2-4-19(5-3-18)22-15-27-23-7-6-20(13-26)24(31(22)23)30-10-8-17(12-25)9-11-30/h2-7,14-15,17H,8-11H2,1H3,(H,28,29). The van der Waals surface area contributed by atoms with E-state index in [1.54, 1.807) is 0 Å². The topological polar surface area (TPSA) is 96.8 Å². The molecule has 1 aliphatic rings. The number of nitrogens with one attached hydrogen (secondary N) is 1. The van der Waals surface area contributed by atoms with E-state index in [1.807, 2.05) is 31.5 Å². The second-order valence-corrected chi connectivity index (χ2v) is 7.87. The first-order valence-corrected chi connectivity index (χ1v) is 10.4. The lowest BCUT2D eigenvalue weighted by molar-refractivity contribution is 0.484. The zero-order valence-electron chi connectivity index (χ0n) is 17.2. The molecule has 7 heteroatoms. The van der Waals surface area contributed by atoms with Gasteiger partial charge < -0.3 is 4.90 Å². The molecule has 1 fully saturated rings. The molecule has 1 aliphatic heterocycles. The van der Waals surface area contributed by atoms with Crippen molar-refractivity contribution in [3.8, 4) is 34.5 Å². The van der Waals surface area contributed by atoms with Crippen LogP contribution in [0.2, 0.25) is 0 Å². The van der Waals surface area contributed by atoms with E-state index in [1.165, 1.54) is 0 Å². The van der Waals surface area contributed by atoms with Gasteiger partial charge in [-0.15, -0.1) is 0 Å². The molecular weight excluding hydrogens is 386 g/mol. The molecular formula is C24H21N7. The fourth-order valence-corrected chi connectivity index (χ4v) is 4.35. The fraction of sp³-hybridized carbons (Fsp3) is 0.250. The number of rotatable bonds is 3. The molecule has 0 aliphatic carbocycles. The monoisotopic (exact) mass is 407 g/mol. The van der Waals surface area contributed by atoms with Crippen molar-refractivity contribution < 1.29 is 0 Å². The third-order valence-electron chi connectivity index (χ3n) is 6.06. The highest BCUT2D eigenvalue weighted by atomic mass is 15.2. The normalized spacial score (nSPS) is 14.5. The van der Waals surface area contributed by atoms with Crippen molar-refractivity contribution in [2.45, 2.75) is 19.8 Å². The number of fused-ring (bicyclic) bond motifs is 1. The second kappa shape index (κ2) is 7.62. The van der Waals surface area contributed by atoms with Gasteiger partial charge in [-0.1, -0.05) is 24.3 Å². The molecule has 0 spiro atoms. The smallest absolute Gasteiger partial charge is 0.138 e. The van der Waals surface area contributed by atoms with Crippen LogP contribution in [0.4, 0.5) is 5.82 Å². The molecule has 1 aromatic carbocycles. The quantitative estimate of drug-likeness (QED) is 0.546. The predicted molar refractivity (Wildman–Crippen MR) is 118 cm³/mol. The van der Waals surface area contributed by atoms with Crippen LogP contribution in [0.3, 0.4) is 0 Å². The Kier molecular flexibility index (Phi) is 4.65. The summed E-state index contributed by atoms with van der Waals surface area (Å²) in [5.74, 6) is 0.945. The van der Waals surface area contributed by atoms with Gasteiger partial charge in [-0.25, -0.2) is 4.98 Å². The number of aryl methyl sites for hydroxylation is 1. The lowest BCUT2D eigenvalue weighted by Gasteiger charge is -2.32. The van der Waals surface area contributed by atoms with E-state index in [-0.39, 0.29) is 5.92 Å². The predicted octanol–water partition coefficient (Wildman–Crippen LogP) is 4.31. The van der Waals surface area contributed by atoms with Gasteiger partial charge in [0, 0.05) is 36.3 Å². The summed E-state index contributed by atoms with van der Waals surface area (Å²) in [5, 5.41) is 26.2. The Hall–Kier alpha value is -4.10. The Labute approximate surface area is 180 Å². The van der Waals surface area contributed by atoms with E-state index < -0.39 is 0 Å². The van der Waals surface area contributed by atoms with Gasteiger partial charge in [-0.2, -0.15) is 15.6 Å². The molecule has 1 saturated heterocycles. The highest BCUT2D eigenvalue weighted by molar-refractivity contribution is 5.74. The largest absolute Gasteiger partial charge is 0.356 e. The number of H-pyrrole nitrogens is 1. The Balaban J connectivity index is 1.60. The van der Waals surface area contributed by atoms with Crippen molar-refractivity contribution in [3.63, 3.8) is 0 Å². The third-order valence-corrected chi connectivity index (χ3v) is 6.06. The summed E-state index contributed by atoms with van der Waals surface area (Å²) >= 11 is 0. The molecule has 0 atom stereocenters. The second-order valence-electron chi connectivity index (χ2n) is 7.87. The summed E-state index contributed by atoms with van der Waals surface area (Å²) in [6.45, 7) is 3.49. The highest BCUT2D eigenvalue weighted by Gasteiger charge is 2.24. The van der Waals surface area contributed by atoms with Crippen LogP contribution in [-0.2, 0) is 0 Å². The number of hydrogen-bond donors (Lipinski definition) is 1. The van der Waals surface area contributed by atoms with E-state index >= 15 is 0 Å². The number of nitrogens with zero attached hydrogens (tertiary/aromatic N) is 6. The summed E-state index contributed by atoms with van der Waals surface area (Å²) in [4.78, 5) is 6.82. The van der Waals surface area contributed by atoms with Crippen LogP contribution in [0, 0.1) is 35.5 Å². The first-order valence-electron chi connectivity index (χ1n) is 10.4. The number of aromatic amines is 1. The van der Waals surface area contributed by atoms with E-state index in [4.69, 9.17) is 0 Å². The van der Waals surface area contributed by atoms with Gasteiger partial charge in [-0.3, -0.25) is 9.50 Å². The van der Waals surface area contributed by atoms with E-state index in [2.05, 4.69) is 60.9 Å². The highest BCUT2D eigenvalue weighted by Crippen LogP contribution is 2.33. The summed E-state index contributed by atoms with van der Waals surface area (Å²) < 4.78 is 2.07. The fourth-order valence-electron chi connectivity index (χ4n) is 4.35. The lowest BCUT2D eigenvalue weighted by atomic mass is 9.98. The molecule has 152 valence electrons. The van der Waals surface area contributed by atoms with Crippen molar-refractivity contribution in [2.24, 2.45) is 5.92 Å². The summed E-state index contributed by atoms with van der Waals surface area (Å²) in [7, 11) is 0. The molecule has 1 N–H and O–H groups in total. The molecule has 3 aromatic heterocycles. The molecule has 0 bridgehead atoms. The third kappa shape index (κ3) is 3.21. The molecule has 0 radical (unpaired) electrons. The van der Waals surface area contributed by atoms with Crippen LogP contribution in [0.1, 0.15) is 24.1 Å². The summed E-state index contributed by atoms with van der Waals surface area (Å²) in [5.41, 5.74) is 6.54. The average molecular weight is 407 g/mol. The van der Waals surface area contributed by atoms with Gasteiger partial charge in [0.15, 0.2) is 0 Å². The Morgan fingerprint density at radius 3 is 2.42 bits per heavy atom. The lowest BCUT2D eigenvalue weighted by Crippen LogP contribution is -2.35. The number of aromatic nitrogens is 4. The van der Waals surface area contributed by atoms with Crippen molar-refractivity contribution in [1.29, 1.82) is 10.5 Å². The maximum absolute atomic E-state index is 9.80. The number of anilines is 1. The van der Waals surface area contributed by atoms with E-state index in [0.29, 0.717) is 5.56 Å². The first kappa shape index (κ1) is 18.9. The Bertz CT molecular complexity index is 1320. The molecule has 5 rings (SSSR count). The van der Waals surface area contributed by atoms with Gasteiger partial charge in [0.25, 0.3) is 0 Å². The Morgan fingerprint density at radius 2 is 1.77 bits per heavy atom. The molecule has 7 nitrogen and oxygen atoms in total. The van der Waals surface area contributed by atoms with Gasteiger partial charge >= 0.3 is 0 Å². The number of imidazole rings is 1. The van der Waals surface area contributed by atoms with Crippen LogP contribution < -0.4 is 4.90 Å². The Morgan fingerprint density at radius 1 is 1.03 bits per heavy atom. The van der Waals surface area contributed by atoms with E-state index in [0.717, 1.165) is 65.5 Å². The zero-order valence-corrected chi connectivity index (χ0v) is 17.2. The number of piperidine rings is 1. The molecule has 4 aromatic rings. The molecule has 31 heavy (non-hydrogen) atoms. The minimum absolute atomic E-state index is 0.0853. The van der Waals surface area contributed by atoms with Gasteiger partial charge in [0.2, 0.25) is 0 Å². The maximum atomic E-state index is 9.80. The van der Waals surface area contributed by atoms with Gasteiger partial charge in [-0.05, 0) is 37.5 Å². The van der Waals surface area contributed by atoms with Crippen LogP contribution in [0.25, 0.3) is 28.0 Å².